The minimum absolute atomic E-state index is 0.0998. The van der Waals surface area contributed by atoms with Gasteiger partial charge in [0.25, 0.3) is 0 Å². The van der Waals surface area contributed by atoms with E-state index in [0.29, 0.717) is 31.7 Å². The third-order valence-corrected chi connectivity index (χ3v) is 6.83. The van der Waals surface area contributed by atoms with E-state index < -0.39 is 18.2 Å². The lowest BCUT2D eigenvalue weighted by Crippen LogP contribution is -2.58. The average Bonchev–Trinajstić information content (AvgIpc) is 2.93. The van der Waals surface area contributed by atoms with Crippen molar-refractivity contribution in [3.05, 3.63) is 101 Å². The Labute approximate surface area is 223 Å². The summed E-state index contributed by atoms with van der Waals surface area (Å²) in [5, 5.41) is 14.7. The van der Waals surface area contributed by atoms with E-state index in [9.17, 15) is 9.59 Å². The average molecular weight is 518 g/mol. The molecule has 0 bridgehead atoms. The van der Waals surface area contributed by atoms with Gasteiger partial charge in [-0.1, -0.05) is 66.7 Å². The first-order chi connectivity index (χ1) is 18.4. The Kier molecular flexibility index (Phi) is 9.48. The number of fused-ring (bicyclic) bond motifs is 1. The highest BCUT2D eigenvalue weighted by atomic mass is 17.1. The number of amides is 3. The van der Waals surface area contributed by atoms with E-state index in [0.717, 1.165) is 22.3 Å². The maximum absolute atomic E-state index is 14.1. The molecule has 1 aliphatic rings. The molecule has 0 aliphatic carbocycles. The van der Waals surface area contributed by atoms with Crippen molar-refractivity contribution in [2.75, 3.05) is 11.9 Å². The molecule has 3 atom stereocenters. The highest BCUT2D eigenvalue weighted by molar-refractivity contribution is 5.94. The summed E-state index contributed by atoms with van der Waals surface area (Å²) in [6.07, 6.45) is 0.475. The largest absolute Gasteiger partial charge is 0.371 e. The second kappa shape index (κ2) is 13.2. The normalized spacial score (nSPS) is 16.3. The van der Waals surface area contributed by atoms with E-state index in [1.807, 2.05) is 73.7 Å². The van der Waals surface area contributed by atoms with Crippen LogP contribution in [-0.4, -0.2) is 46.9 Å². The van der Waals surface area contributed by atoms with Gasteiger partial charge in [0, 0.05) is 18.3 Å². The van der Waals surface area contributed by atoms with Crippen LogP contribution in [0, 0.1) is 6.92 Å². The first kappa shape index (κ1) is 27.3. The Balaban J connectivity index is 1.55. The predicted octanol–water partition coefficient (Wildman–Crippen LogP) is 4.92. The first-order valence-electron chi connectivity index (χ1n) is 12.9. The van der Waals surface area contributed by atoms with Crippen molar-refractivity contribution < 1.29 is 24.5 Å². The summed E-state index contributed by atoms with van der Waals surface area (Å²) < 4.78 is 6.10. The minimum atomic E-state index is -0.939. The molecule has 0 fully saturated rings. The number of hydrogen-bond donors (Lipinski definition) is 3. The van der Waals surface area contributed by atoms with Crippen LogP contribution in [0.3, 0.4) is 0 Å². The Morgan fingerprint density at radius 2 is 1.76 bits per heavy atom. The van der Waals surface area contributed by atoms with E-state index in [4.69, 9.17) is 9.99 Å². The summed E-state index contributed by atoms with van der Waals surface area (Å²) in [4.78, 5) is 33.2. The van der Waals surface area contributed by atoms with Crippen LogP contribution in [0.2, 0.25) is 0 Å². The Morgan fingerprint density at radius 3 is 2.50 bits per heavy atom. The Morgan fingerprint density at radius 1 is 1.03 bits per heavy atom. The number of hydrogen-bond acceptors (Lipinski definition) is 5. The topological polar surface area (TPSA) is 100 Å². The standard InChI is InChI=1S/C30H35N3O5/c1-21-9-8-14-26(17-21)31-30(35)32-28(22(2)37-20-23-10-4-3-5-11-23)29(34)33-19-25-13-7-6-12-24(25)18-27(33)15-16-38-36/h3-14,17,22,27-28,36H,15-16,18-20H2,1-2H3,(H2,31,32,35)/t22?,27-,28?/m0/s1. The molecule has 38 heavy (non-hydrogen) atoms. The van der Waals surface area contributed by atoms with E-state index >= 15 is 0 Å². The predicted molar refractivity (Wildman–Crippen MR) is 145 cm³/mol. The fourth-order valence-corrected chi connectivity index (χ4v) is 4.78. The van der Waals surface area contributed by atoms with Crippen molar-refractivity contribution >= 4 is 17.6 Å². The van der Waals surface area contributed by atoms with Crippen LogP contribution >= 0.6 is 0 Å². The summed E-state index contributed by atoms with van der Waals surface area (Å²) >= 11 is 0. The number of nitrogens with one attached hydrogen (secondary N) is 2. The molecule has 0 saturated carbocycles. The molecule has 8 nitrogen and oxygen atoms in total. The minimum Gasteiger partial charge on any atom is -0.371 e. The molecular weight excluding hydrogens is 482 g/mol. The van der Waals surface area contributed by atoms with Gasteiger partial charge >= 0.3 is 6.03 Å². The van der Waals surface area contributed by atoms with Gasteiger partial charge in [-0.05, 0) is 61.1 Å². The molecule has 2 unspecified atom stereocenters. The molecule has 3 aromatic carbocycles. The maximum Gasteiger partial charge on any atom is 0.319 e. The van der Waals surface area contributed by atoms with Gasteiger partial charge in [-0.25, -0.2) is 9.68 Å². The first-order valence-corrected chi connectivity index (χ1v) is 12.9. The smallest absolute Gasteiger partial charge is 0.319 e. The van der Waals surface area contributed by atoms with Crippen LogP contribution in [0.25, 0.3) is 0 Å². The van der Waals surface area contributed by atoms with Crippen molar-refractivity contribution in [3.63, 3.8) is 0 Å². The summed E-state index contributed by atoms with van der Waals surface area (Å²) in [5.41, 5.74) is 4.84. The molecule has 1 heterocycles. The zero-order valence-corrected chi connectivity index (χ0v) is 21.8. The monoisotopic (exact) mass is 517 g/mol. The molecule has 1 aliphatic heterocycles. The van der Waals surface area contributed by atoms with Crippen molar-refractivity contribution in [1.29, 1.82) is 0 Å². The Bertz CT molecular complexity index is 1220. The van der Waals surface area contributed by atoms with Crippen molar-refractivity contribution in [3.8, 4) is 0 Å². The highest BCUT2D eigenvalue weighted by Gasteiger charge is 2.37. The van der Waals surface area contributed by atoms with E-state index in [1.165, 1.54) is 0 Å². The fourth-order valence-electron chi connectivity index (χ4n) is 4.78. The fraction of sp³-hybridized carbons (Fsp3) is 0.333. The summed E-state index contributed by atoms with van der Waals surface area (Å²) in [6.45, 7) is 4.54. The molecule has 0 radical (unpaired) electrons. The van der Waals surface area contributed by atoms with Gasteiger partial charge in [0.2, 0.25) is 5.91 Å². The van der Waals surface area contributed by atoms with Crippen molar-refractivity contribution in [2.45, 2.75) is 58.0 Å². The van der Waals surface area contributed by atoms with Crippen LogP contribution < -0.4 is 10.6 Å². The zero-order chi connectivity index (χ0) is 26.9. The summed E-state index contributed by atoms with van der Waals surface area (Å²) in [7, 11) is 0. The van der Waals surface area contributed by atoms with E-state index in [-0.39, 0.29) is 18.6 Å². The van der Waals surface area contributed by atoms with Crippen LogP contribution in [0.4, 0.5) is 10.5 Å². The van der Waals surface area contributed by atoms with Crippen LogP contribution in [0.5, 0.6) is 0 Å². The molecule has 4 rings (SSSR count). The number of urea groups is 1. The number of aryl methyl sites for hydroxylation is 1. The van der Waals surface area contributed by atoms with Crippen LogP contribution in [-0.2, 0) is 34.0 Å². The molecule has 0 saturated heterocycles. The van der Waals surface area contributed by atoms with Crippen LogP contribution in [0.1, 0.15) is 35.6 Å². The number of carbonyl (C=O) groups is 2. The van der Waals surface area contributed by atoms with Gasteiger partial charge in [0.15, 0.2) is 0 Å². The second-order valence-corrected chi connectivity index (χ2v) is 9.66. The van der Waals surface area contributed by atoms with Gasteiger partial charge < -0.3 is 20.3 Å². The number of ether oxygens (including phenoxy) is 1. The number of carbonyl (C=O) groups excluding carboxylic acids is 2. The molecular formula is C30H35N3O5. The second-order valence-electron chi connectivity index (χ2n) is 9.66. The third-order valence-electron chi connectivity index (χ3n) is 6.83. The maximum atomic E-state index is 14.1. The number of benzene rings is 3. The summed E-state index contributed by atoms with van der Waals surface area (Å²) in [5.74, 6) is -0.248. The van der Waals surface area contributed by atoms with Crippen molar-refractivity contribution in [1.82, 2.24) is 10.2 Å². The van der Waals surface area contributed by atoms with Gasteiger partial charge in [-0.15, -0.1) is 0 Å². The number of anilines is 1. The molecule has 3 N–H and O–H groups in total. The zero-order valence-electron chi connectivity index (χ0n) is 21.8. The lowest BCUT2D eigenvalue weighted by atomic mass is 9.91. The molecule has 3 aromatic rings. The number of nitrogens with zero attached hydrogens (tertiary/aromatic N) is 1. The molecule has 200 valence electrons. The molecule has 8 heteroatoms. The van der Waals surface area contributed by atoms with Gasteiger partial charge in [-0.3, -0.25) is 10.1 Å². The third kappa shape index (κ3) is 7.19. The van der Waals surface area contributed by atoms with Crippen molar-refractivity contribution in [2.24, 2.45) is 0 Å². The van der Waals surface area contributed by atoms with Gasteiger partial charge in [0.1, 0.15) is 6.04 Å². The SMILES string of the molecule is Cc1cccc(NC(=O)NC(C(=O)N2Cc3ccccc3C[C@@H]2CCOO)C(C)OCc2ccccc2)c1. The van der Waals surface area contributed by atoms with E-state index in [1.54, 1.807) is 17.9 Å². The van der Waals surface area contributed by atoms with Gasteiger partial charge in [0.05, 0.1) is 19.3 Å². The lowest BCUT2D eigenvalue weighted by molar-refractivity contribution is -0.244. The Hall–Kier alpha value is -3.72. The van der Waals surface area contributed by atoms with Gasteiger partial charge in [-0.2, -0.15) is 0 Å². The molecule has 0 spiro atoms. The molecule has 3 amide bonds. The summed E-state index contributed by atoms with van der Waals surface area (Å²) in [6, 6.07) is 23.5. The van der Waals surface area contributed by atoms with E-state index in [2.05, 4.69) is 21.6 Å². The highest BCUT2D eigenvalue weighted by Crippen LogP contribution is 2.26. The van der Waals surface area contributed by atoms with Crippen LogP contribution in [0.15, 0.2) is 78.9 Å². The molecule has 0 aromatic heterocycles. The lowest BCUT2D eigenvalue weighted by Gasteiger charge is -2.40. The quantitative estimate of drug-likeness (QED) is 0.262. The number of rotatable bonds is 10.